The molecule has 0 fully saturated rings. The largest absolute Gasteiger partial charge is 0.508 e. The normalized spacial score (nSPS) is 14.9. The molecular weight excluding hydrogens is 191 g/mol. The summed E-state index contributed by atoms with van der Waals surface area (Å²) in [5.74, 6) is 1.25. The molecule has 15 heavy (non-hydrogen) atoms. The highest BCUT2D eigenvalue weighted by molar-refractivity contribution is 6.54. The maximum atomic E-state index is 11.5. The lowest BCUT2D eigenvalue weighted by atomic mass is 9.71. The average Bonchev–Trinajstić information content (AvgIpc) is 2.60. The van der Waals surface area contributed by atoms with E-state index < -0.39 is 5.97 Å². The third kappa shape index (κ3) is 2.88. The molecule has 1 heterocycles. The summed E-state index contributed by atoms with van der Waals surface area (Å²) >= 11 is 0. The molecule has 0 aromatic heterocycles. The molecule has 0 bridgehead atoms. The van der Waals surface area contributed by atoms with E-state index >= 15 is 0 Å². The van der Waals surface area contributed by atoms with Crippen molar-refractivity contribution in [2.75, 3.05) is 6.61 Å². The number of carbonyl (C=O) groups is 1. The quantitative estimate of drug-likeness (QED) is 0.426. The topological polar surface area (TPSA) is 46.5 Å². The Bertz CT molecular complexity index is 305. The van der Waals surface area contributed by atoms with Crippen LogP contribution in [0.15, 0.2) is 22.8 Å². The van der Waals surface area contributed by atoms with Gasteiger partial charge in [0.25, 0.3) is 0 Å². The van der Waals surface area contributed by atoms with E-state index in [0.29, 0.717) is 13.0 Å². The van der Waals surface area contributed by atoms with Crippen LogP contribution in [0.25, 0.3) is 0 Å². The molecule has 0 unspecified atom stereocenters. The first-order valence-electron chi connectivity index (χ1n) is 5.35. The van der Waals surface area contributed by atoms with Crippen molar-refractivity contribution < 1.29 is 14.6 Å². The fraction of sp³-hybridized carbons (Fsp3) is 0.545. The van der Waals surface area contributed by atoms with Gasteiger partial charge in [-0.1, -0.05) is 31.7 Å². The Balaban J connectivity index is 2.51. The fourth-order valence-corrected chi connectivity index (χ4v) is 1.35. The maximum Gasteiger partial charge on any atom is 0.340 e. The summed E-state index contributed by atoms with van der Waals surface area (Å²) in [5, 5.41) is 9.65. The maximum absolute atomic E-state index is 11.5. The van der Waals surface area contributed by atoms with E-state index in [2.05, 4.69) is 0 Å². The van der Waals surface area contributed by atoms with Gasteiger partial charge in [0.05, 0.1) is 12.2 Å². The van der Waals surface area contributed by atoms with Gasteiger partial charge in [-0.05, 0) is 12.8 Å². The zero-order valence-electron chi connectivity index (χ0n) is 9.25. The molecule has 1 rings (SSSR count). The Labute approximate surface area is 91.1 Å². The van der Waals surface area contributed by atoms with Crippen LogP contribution in [0.2, 0.25) is 0 Å². The summed E-state index contributed by atoms with van der Waals surface area (Å²) in [6.45, 7) is 4.38. The van der Waals surface area contributed by atoms with Crippen molar-refractivity contribution in [2.45, 2.75) is 33.1 Å². The van der Waals surface area contributed by atoms with Gasteiger partial charge in [0.15, 0.2) is 7.28 Å². The van der Waals surface area contributed by atoms with E-state index in [-0.39, 0.29) is 11.3 Å². The van der Waals surface area contributed by atoms with Crippen LogP contribution in [0.5, 0.6) is 0 Å². The third-order valence-corrected chi connectivity index (χ3v) is 2.34. The van der Waals surface area contributed by atoms with Gasteiger partial charge in [-0.25, -0.2) is 4.79 Å². The van der Waals surface area contributed by atoms with Gasteiger partial charge < -0.3 is 9.84 Å². The molecule has 0 saturated carbocycles. The summed E-state index contributed by atoms with van der Waals surface area (Å²) < 4.78 is 5.01. The predicted octanol–water partition coefficient (Wildman–Crippen LogP) is 2.11. The van der Waals surface area contributed by atoms with Crippen molar-refractivity contribution in [2.24, 2.45) is 0 Å². The molecule has 81 valence electrons. The summed E-state index contributed by atoms with van der Waals surface area (Å²) in [6, 6.07) is 0. The number of allylic oxidation sites excluding steroid dienone is 1. The molecule has 0 amide bonds. The molecule has 3 nitrogen and oxygen atoms in total. The van der Waals surface area contributed by atoms with Crippen molar-refractivity contribution in [1.29, 1.82) is 0 Å². The number of rotatable bonds is 5. The number of hydrogen-bond acceptors (Lipinski definition) is 3. The highest BCUT2D eigenvalue weighted by Crippen LogP contribution is 2.21. The van der Waals surface area contributed by atoms with E-state index in [9.17, 15) is 9.90 Å². The van der Waals surface area contributed by atoms with Gasteiger partial charge in [-0.15, -0.1) is 0 Å². The number of hydrogen-bond donors (Lipinski definition) is 1. The summed E-state index contributed by atoms with van der Waals surface area (Å²) in [5.41, 5.74) is 1.07. The zero-order valence-corrected chi connectivity index (χ0v) is 9.25. The molecule has 0 aromatic carbocycles. The van der Waals surface area contributed by atoms with Gasteiger partial charge in [-0.3, -0.25) is 0 Å². The predicted molar refractivity (Wildman–Crippen MR) is 59.6 cm³/mol. The number of ether oxygens (including phenoxy) is 1. The molecule has 0 atom stereocenters. The Morgan fingerprint density at radius 2 is 2.27 bits per heavy atom. The molecule has 1 aliphatic rings. The molecule has 4 heteroatoms. The molecule has 1 radical (unpaired) electrons. The van der Waals surface area contributed by atoms with Crippen molar-refractivity contribution in [3.63, 3.8) is 0 Å². The third-order valence-electron chi connectivity index (χ3n) is 2.34. The summed E-state index contributed by atoms with van der Waals surface area (Å²) in [7, 11) is 1.76. The first kappa shape index (κ1) is 11.9. The molecule has 0 spiro atoms. The van der Waals surface area contributed by atoms with Gasteiger partial charge in [0.1, 0.15) is 5.76 Å². The van der Waals surface area contributed by atoms with E-state index in [0.717, 1.165) is 18.3 Å². The van der Waals surface area contributed by atoms with Crippen LogP contribution in [0.1, 0.15) is 33.1 Å². The Morgan fingerprint density at radius 3 is 2.80 bits per heavy atom. The van der Waals surface area contributed by atoms with Crippen molar-refractivity contribution >= 4 is 13.2 Å². The molecule has 0 aliphatic carbocycles. The van der Waals surface area contributed by atoms with Crippen molar-refractivity contribution in [3.05, 3.63) is 22.8 Å². The second kappa shape index (κ2) is 5.64. The van der Waals surface area contributed by atoms with Crippen molar-refractivity contribution in [1.82, 2.24) is 0 Å². The van der Waals surface area contributed by atoms with E-state index in [1.807, 2.05) is 13.8 Å². The smallest absolute Gasteiger partial charge is 0.340 e. The molecule has 1 N–H and O–H groups in total. The van der Waals surface area contributed by atoms with Crippen LogP contribution in [-0.2, 0) is 9.53 Å². The Kier molecular flexibility index (Phi) is 4.47. The summed E-state index contributed by atoms with van der Waals surface area (Å²) in [6.07, 6.45) is 2.56. The van der Waals surface area contributed by atoms with Crippen molar-refractivity contribution in [3.8, 4) is 0 Å². The molecule has 1 aliphatic heterocycles. The number of esters is 1. The van der Waals surface area contributed by atoms with Crippen LogP contribution in [0.4, 0.5) is 0 Å². The average molecular weight is 207 g/mol. The van der Waals surface area contributed by atoms with Gasteiger partial charge >= 0.3 is 5.97 Å². The number of unbranched alkanes of at least 4 members (excludes halogenated alkanes) is 1. The fourth-order valence-electron chi connectivity index (χ4n) is 1.35. The van der Waals surface area contributed by atoms with Gasteiger partial charge in [-0.2, -0.15) is 0 Å². The highest BCUT2D eigenvalue weighted by atomic mass is 16.5. The standard InChI is InChI=1S/C11H16BO3/c1-3-5-6-15-11(14)8-7-12-9(4-2)10(8)13/h7,13H,3-6H2,1-2H3. The molecule has 0 aromatic rings. The highest BCUT2D eigenvalue weighted by Gasteiger charge is 2.23. The van der Waals surface area contributed by atoms with E-state index in [1.54, 1.807) is 13.3 Å². The lowest BCUT2D eigenvalue weighted by Crippen LogP contribution is -2.09. The molecular formula is C11H16BO3. The minimum Gasteiger partial charge on any atom is -0.508 e. The van der Waals surface area contributed by atoms with Gasteiger partial charge in [0, 0.05) is 0 Å². The van der Waals surface area contributed by atoms with Gasteiger partial charge in [0.2, 0.25) is 0 Å². The number of aliphatic hydroxyl groups excluding tert-OH is 1. The van der Waals surface area contributed by atoms with Crippen LogP contribution < -0.4 is 0 Å². The number of aliphatic hydroxyl groups is 1. The second-order valence-corrected chi connectivity index (χ2v) is 3.46. The Morgan fingerprint density at radius 1 is 1.53 bits per heavy atom. The minimum atomic E-state index is -0.430. The van der Waals surface area contributed by atoms with E-state index in [1.165, 1.54) is 0 Å². The van der Waals surface area contributed by atoms with Crippen LogP contribution in [-0.4, -0.2) is 25.0 Å². The molecule has 0 saturated heterocycles. The SMILES string of the molecule is CCCCOC(=O)C1=C[B]C(CC)=C1O. The van der Waals surface area contributed by atoms with Crippen LogP contribution in [0.3, 0.4) is 0 Å². The summed E-state index contributed by atoms with van der Waals surface area (Å²) in [4.78, 5) is 11.5. The Hall–Kier alpha value is -1.19. The van der Waals surface area contributed by atoms with Crippen LogP contribution in [0, 0.1) is 0 Å². The lowest BCUT2D eigenvalue weighted by Gasteiger charge is -2.05. The monoisotopic (exact) mass is 207 g/mol. The zero-order chi connectivity index (χ0) is 11.3. The minimum absolute atomic E-state index is 0.0685. The number of carbonyl (C=O) groups excluding carboxylic acids is 1. The second-order valence-electron chi connectivity index (χ2n) is 3.46. The van der Waals surface area contributed by atoms with Crippen LogP contribution >= 0.6 is 0 Å². The first-order valence-corrected chi connectivity index (χ1v) is 5.35. The van der Waals surface area contributed by atoms with E-state index in [4.69, 9.17) is 4.74 Å². The first-order chi connectivity index (χ1) is 7.20. The lowest BCUT2D eigenvalue weighted by molar-refractivity contribution is -0.139.